The number of ether oxygens (including phenoxy) is 1. The average molecular weight is 244 g/mol. The van der Waals surface area contributed by atoms with Crippen molar-refractivity contribution in [2.75, 3.05) is 13.2 Å². The quantitative estimate of drug-likeness (QED) is 0.481. The van der Waals surface area contributed by atoms with Crippen LogP contribution in [-0.4, -0.2) is 28.0 Å². The summed E-state index contributed by atoms with van der Waals surface area (Å²) in [5.41, 5.74) is 0.488. The highest BCUT2D eigenvalue weighted by molar-refractivity contribution is 6.53. The van der Waals surface area contributed by atoms with Crippen LogP contribution in [0.25, 0.3) is 0 Å². The summed E-state index contributed by atoms with van der Waals surface area (Å²) in [4.78, 5) is 0. The second kappa shape index (κ2) is 9.20. The van der Waals surface area contributed by atoms with E-state index in [2.05, 4.69) is 13.8 Å². The van der Waals surface area contributed by atoms with Crippen molar-refractivity contribution in [1.82, 2.24) is 0 Å². The van der Waals surface area contributed by atoms with Crippen LogP contribution in [0.4, 0.5) is 0 Å². The maximum Gasteiger partial charge on any atom is 0.205 e. The summed E-state index contributed by atoms with van der Waals surface area (Å²) in [6, 6.07) is 1.33. The van der Waals surface area contributed by atoms with Crippen molar-refractivity contribution in [3.05, 3.63) is 0 Å². The first-order valence-electron chi connectivity index (χ1n) is 7.11. The summed E-state index contributed by atoms with van der Waals surface area (Å²) >= 11 is 0. The molecule has 16 heavy (non-hydrogen) atoms. The molecule has 2 nitrogen and oxygen atoms in total. The Morgan fingerprint density at radius 3 is 2.69 bits per heavy atom. The molecule has 0 bridgehead atoms. The van der Waals surface area contributed by atoms with Gasteiger partial charge >= 0.3 is 0 Å². The smallest absolute Gasteiger partial charge is 0.205 e. The minimum absolute atomic E-state index is 0.488. The van der Waals surface area contributed by atoms with Gasteiger partial charge < -0.3 is 9.16 Å². The molecule has 0 N–H and O–H groups in total. The average Bonchev–Trinajstić information content (AvgIpc) is 2.34. The van der Waals surface area contributed by atoms with Gasteiger partial charge in [-0.05, 0) is 25.3 Å². The highest BCUT2D eigenvalue weighted by Crippen LogP contribution is 2.19. The first kappa shape index (κ1) is 14.2. The normalized spacial score (nSPS) is 23.2. The molecule has 2 unspecified atom stereocenters. The molecule has 2 atom stereocenters. The Bertz CT molecular complexity index is 158. The summed E-state index contributed by atoms with van der Waals surface area (Å²) < 4.78 is 12.0. The number of hydrogen-bond donors (Lipinski definition) is 0. The van der Waals surface area contributed by atoms with Crippen LogP contribution < -0.4 is 0 Å². The Kier molecular flexibility index (Phi) is 8.16. The number of unbranched alkanes of at least 4 members (excludes halogenated alkanes) is 2. The maximum atomic E-state index is 6.06. The highest BCUT2D eigenvalue weighted by atomic mass is 28.3. The van der Waals surface area contributed by atoms with Crippen molar-refractivity contribution in [3.63, 3.8) is 0 Å². The zero-order chi connectivity index (χ0) is 11.6. The molecule has 0 aromatic rings. The van der Waals surface area contributed by atoms with Gasteiger partial charge in [-0.3, -0.25) is 0 Å². The lowest BCUT2D eigenvalue weighted by molar-refractivity contribution is 0.0750. The van der Waals surface area contributed by atoms with Crippen LogP contribution in [0.15, 0.2) is 0 Å². The van der Waals surface area contributed by atoms with E-state index in [0.29, 0.717) is 5.73 Å². The predicted octanol–water partition coefficient (Wildman–Crippen LogP) is 3.44. The van der Waals surface area contributed by atoms with Gasteiger partial charge in [-0.25, -0.2) is 0 Å². The molecular weight excluding hydrogens is 216 g/mol. The fraction of sp³-hybridized carbons (Fsp3) is 1.00. The van der Waals surface area contributed by atoms with Gasteiger partial charge in [0.25, 0.3) is 0 Å². The second-order valence-corrected chi connectivity index (χ2v) is 7.54. The lowest BCUT2D eigenvalue weighted by Crippen LogP contribution is -2.39. The molecule has 1 rings (SSSR count). The molecule has 0 spiro atoms. The summed E-state index contributed by atoms with van der Waals surface area (Å²) in [6.45, 7) is 6.43. The van der Waals surface area contributed by atoms with Crippen LogP contribution in [0.2, 0.25) is 6.04 Å². The third-order valence-corrected chi connectivity index (χ3v) is 6.28. The monoisotopic (exact) mass is 244 g/mol. The first-order valence-corrected chi connectivity index (χ1v) is 9.07. The van der Waals surface area contributed by atoms with Crippen LogP contribution in [0.5, 0.6) is 0 Å². The van der Waals surface area contributed by atoms with Crippen molar-refractivity contribution in [2.24, 2.45) is 0 Å². The Morgan fingerprint density at radius 1 is 1.19 bits per heavy atom. The van der Waals surface area contributed by atoms with Gasteiger partial charge in [0.05, 0.1) is 5.73 Å². The van der Waals surface area contributed by atoms with E-state index in [1.165, 1.54) is 51.0 Å². The molecule has 0 aromatic heterocycles. The lowest BCUT2D eigenvalue weighted by atomic mass is 10.3. The van der Waals surface area contributed by atoms with E-state index in [-0.39, 0.29) is 0 Å². The third-order valence-electron chi connectivity index (χ3n) is 3.28. The summed E-state index contributed by atoms with van der Waals surface area (Å²) in [7, 11) is -1.03. The van der Waals surface area contributed by atoms with E-state index in [0.717, 1.165) is 13.2 Å². The zero-order valence-electron chi connectivity index (χ0n) is 11.0. The molecule has 96 valence electrons. The summed E-state index contributed by atoms with van der Waals surface area (Å²) in [5.74, 6) is 0. The largest absolute Gasteiger partial charge is 0.417 e. The molecule has 3 heteroatoms. The molecule has 0 radical (unpaired) electrons. The van der Waals surface area contributed by atoms with Crippen LogP contribution >= 0.6 is 0 Å². The molecule has 1 aliphatic heterocycles. The fourth-order valence-electron chi connectivity index (χ4n) is 2.31. The van der Waals surface area contributed by atoms with Gasteiger partial charge in [-0.15, -0.1) is 0 Å². The van der Waals surface area contributed by atoms with Crippen LogP contribution in [0, 0.1) is 0 Å². The van der Waals surface area contributed by atoms with Gasteiger partial charge in [-0.2, -0.15) is 0 Å². The Morgan fingerprint density at radius 2 is 2.06 bits per heavy atom. The topological polar surface area (TPSA) is 18.5 Å². The molecule has 1 heterocycles. The van der Waals surface area contributed by atoms with E-state index in [9.17, 15) is 0 Å². The predicted molar refractivity (Wildman–Crippen MR) is 71.3 cm³/mol. The molecule has 0 saturated carbocycles. The SMILES string of the molecule is CCCCCOC(CCC)[SiH]1CCCCO1. The lowest BCUT2D eigenvalue weighted by Gasteiger charge is -2.29. The minimum Gasteiger partial charge on any atom is -0.417 e. The number of hydrogen-bond acceptors (Lipinski definition) is 2. The fourth-order valence-corrected chi connectivity index (χ4v) is 5.28. The molecule has 0 amide bonds. The van der Waals surface area contributed by atoms with Gasteiger partial charge in [-0.1, -0.05) is 39.5 Å². The van der Waals surface area contributed by atoms with Crippen molar-refractivity contribution in [1.29, 1.82) is 0 Å². The summed E-state index contributed by atoms with van der Waals surface area (Å²) in [6.07, 6.45) is 8.87. The van der Waals surface area contributed by atoms with Crippen molar-refractivity contribution in [2.45, 2.75) is 70.6 Å². The van der Waals surface area contributed by atoms with E-state index in [4.69, 9.17) is 9.16 Å². The minimum atomic E-state index is -1.03. The Balaban J connectivity index is 2.22. The van der Waals surface area contributed by atoms with Crippen molar-refractivity contribution < 1.29 is 9.16 Å². The maximum absolute atomic E-state index is 6.06. The van der Waals surface area contributed by atoms with Crippen LogP contribution in [0.1, 0.15) is 58.8 Å². The molecule has 1 saturated heterocycles. The van der Waals surface area contributed by atoms with E-state index < -0.39 is 9.04 Å². The van der Waals surface area contributed by atoms with Gasteiger partial charge in [0.1, 0.15) is 0 Å². The van der Waals surface area contributed by atoms with Crippen LogP contribution in [-0.2, 0) is 9.16 Å². The van der Waals surface area contributed by atoms with Crippen LogP contribution in [0.3, 0.4) is 0 Å². The first-order chi connectivity index (χ1) is 7.88. The molecule has 0 aliphatic carbocycles. The Labute approximate surface area is 102 Å². The Hall–Kier alpha value is 0.137. The van der Waals surface area contributed by atoms with E-state index >= 15 is 0 Å². The van der Waals surface area contributed by atoms with Gasteiger partial charge in [0, 0.05) is 13.2 Å². The third kappa shape index (κ3) is 5.46. The molecular formula is C13H28O2Si. The molecule has 1 aliphatic rings. The van der Waals surface area contributed by atoms with Gasteiger partial charge in [0.2, 0.25) is 9.04 Å². The van der Waals surface area contributed by atoms with Crippen molar-refractivity contribution >= 4 is 9.04 Å². The number of rotatable bonds is 8. The van der Waals surface area contributed by atoms with E-state index in [1.807, 2.05) is 0 Å². The summed E-state index contributed by atoms with van der Waals surface area (Å²) in [5, 5.41) is 0. The van der Waals surface area contributed by atoms with E-state index in [1.54, 1.807) is 0 Å². The second-order valence-electron chi connectivity index (χ2n) is 4.81. The standard InChI is InChI=1S/C13H28O2Si/c1-3-5-6-10-14-13(9-4-2)16-12-8-7-11-15-16/h13,16H,3-12H2,1-2H3. The zero-order valence-corrected chi connectivity index (χ0v) is 12.2. The molecule has 0 aromatic carbocycles. The molecule has 1 fully saturated rings. The van der Waals surface area contributed by atoms with Gasteiger partial charge in [0.15, 0.2) is 0 Å². The highest BCUT2D eigenvalue weighted by Gasteiger charge is 2.26. The van der Waals surface area contributed by atoms with Crippen molar-refractivity contribution in [3.8, 4) is 0 Å².